The van der Waals surface area contributed by atoms with Crippen LogP contribution in [-0.4, -0.2) is 26.6 Å². The number of carbonyl (C=O) groups excluding carboxylic acids is 1. The van der Waals surface area contributed by atoms with Crippen LogP contribution in [0.25, 0.3) is 0 Å². The van der Waals surface area contributed by atoms with Crippen molar-refractivity contribution in [2.45, 2.75) is 12.5 Å². The molecule has 0 saturated carbocycles. The van der Waals surface area contributed by atoms with Gasteiger partial charge in [-0.25, -0.2) is 8.42 Å². The molecule has 0 spiro atoms. The van der Waals surface area contributed by atoms with Crippen LogP contribution < -0.4 is 10.0 Å². The molecule has 0 aromatic heterocycles. The Kier molecular flexibility index (Phi) is 6.39. The Bertz CT molecular complexity index is 905. The molecular weight excluding hydrogens is 453 g/mol. The summed E-state index contributed by atoms with van der Waals surface area (Å²) in [6, 6.07) is 15.5. The number of sulfonamides is 1. The molecule has 1 amide bonds. The molecule has 130 valence electrons. The Morgan fingerprint density at radius 1 is 1.24 bits per heavy atom. The van der Waals surface area contributed by atoms with Gasteiger partial charge < -0.3 is 5.32 Å². The summed E-state index contributed by atoms with van der Waals surface area (Å²) >= 11 is 2.17. The maximum absolute atomic E-state index is 12.4. The number of anilines is 1. The number of benzene rings is 2. The molecule has 1 atom stereocenters. The molecule has 2 aromatic carbocycles. The third-order valence-corrected chi connectivity index (χ3v) is 4.57. The van der Waals surface area contributed by atoms with Crippen LogP contribution in [0.1, 0.15) is 11.1 Å². The Morgan fingerprint density at radius 2 is 1.92 bits per heavy atom. The van der Waals surface area contributed by atoms with E-state index in [2.05, 4.69) is 27.9 Å². The van der Waals surface area contributed by atoms with E-state index in [1.807, 2.05) is 35.1 Å². The first kappa shape index (κ1) is 19.2. The Hall–Kier alpha value is -2.12. The van der Waals surface area contributed by atoms with Gasteiger partial charge in [0.15, 0.2) is 0 Å². The molecule has 0 unspecified atom stereocenters. The maximum Gasteiger partial charge on any atom is 0.256 e. The number of hydrogen-bond acceptors (Lipinski definition) is 5. The largest absolute Gasteiger partial charge is 0.373 e. The predicted octanol–water partition coefficient (Wildman–Crippen LogP) is 2.26. The molecule has 0 aliphatic rings. The quantitative estimate of drug-likeness (QED) is 0.633. The van der Waals surface area contributed by atoms with Crippen molar-refractivity contribution in [1.29, 1.82) is 5.26 Å². The number of hydrogen-bond donors (Lipinski definition) is 2. The fourth-order valence-corrected chi connectivity index (χ4v) is 3.08. The summed E-state index contributed by atoms with van der Waals surface area (Å²) in [6.07, 6.45) is 1.17. The highest BCUT2D eigenvalue weighted by molar-refractivity contribution is 14.1. The molecule has 8 heteroatoms. The minimum absolute atomic E-state index is 0.239. The van der Waals surface area contributed by atoms with Gasteiger partial charge in [-0.1, -0.05) is 12.1 Å². The summed E-state index contributed by atoms with van der Waals surface area (Å²) in [5.74, 6) is -0.650. The van der Waals surface area contributed by atoms with Gasteiger partial charge in [-0.3, -0.25) is 9.52 Å². The predicted molar refractivity (Wildman–Crippen MR) is 104 cm³/mol. The number of carbonyl (C=O) groups is 1. The SMILES string of the molecule is CS(=O)(=O)NC(=O)[C@H](Cc1cccc(C#N)c1)Nc1ccc(I)cc1. The topological polar surface area (TPSA) is 99.1 Å². The van der Waals surface area contributed by atoms with Crippen molar-refractivity contribution >= 4 is 44.2 Å². The smallest absolute Gasteiger partial charge is 0.256 e. The summed E-state index contributed by atoms with van der Waals surface area (Å²) in [5, 5.41) is 12.0. The van der Waals surface area contributed by atoms with Crippen LogP contribution in [-0.2, 0) is 21.2 Å². The number of nitrogens with one attached hydrogen (secondary N) is 2. The van der Waals surface area contributed by atoms with E-state index in [1.165, 1.54) is 0 Å². The van der Waals surface area contributed by atoms with Gasteiger partial charge in [-0.2, -0.15) is 5.26 Å². The average Bonchev–Trinajstić information content (AvgIpc) is 2.55. The standard InChI is InChI=1S/C17H16IN3O3S/c1-25(23,24)21-17(22)16(20-15-7-5-14(18)6-8-15)10-12-3-2-4-13(9-12)11-19/h2-9,16,20H,10H2,1H3,(H,21,22)/t16-/m0/s1. The Balaban J connectivity index is 2.25. The van der Waals surface area contributed by atoms with Gasteiger partial charge in [0.1, 0.15) is 6.04 Å². The third-order valence-electron chi connectivity index (χ3n) is 3.28. The number of rotatable bonds is 6. The van der Waals surface area contributed by atoms with E-state index < -0.39 is 22.0 Å². The summed E-state index contributed by atoms with van der Waals surface area (Å²) in [7, 11) is -3.67. The molecule has 25 heavy (non-hydrogen) atoms. The van der Waals surface area contributed by atoms with E-state index in [0.29, 0.717) is 11.3 Å². The van der Waals surface area contributed by atoms with Crippen molar-refractivity contribution in [3.8, 4) is 6.07 Å². The summed E-state index contributed by atoms with van der Waals surface area (Å²) in [5.41, 5.74) is 1.94. The number of nitrogens with zero attached hydrogens (tertiary/aromatic N) is 1. The highest BCUT2D eigenvalue weighted by Gasteiger charge is 2.22. The molecule has 0 heterocycles. The van der Waals surface area contributed by atoms with E-state index in [4.69, 9.17) is 5.26 Å². The van der Waals surface area contributed by atoms with Crippen LogP contribution in [0.3, 0.4) is 0 Å². The van der Waals surface area contributed by atoms with Crippen molar-refractivity contribution in [2.75, 3.05) is 11.6 Å². The highest BCUT2D eigenvalue weighted by Crippen LogP contribution is 2.15. The molecule has 0 saturated heterocycles. The van der Waals surface area contributed by atoms with Gasteiger partial charge in [0, 0.05) is 15.7 Å². The lowest BCUT2D eigenvalue weighted by Crippen LogP contribution is -2.43. The molecule has 0 aliphatic carbocycles. The fourth-order valence-electron chi connectivity index (χ4n) is 2.21. The second-order valence-electron chi connectivity index (χ2n) is 5.46. The number of halogens is 1. The third kappa shape index (κ3) is 6.36. The summed E-state index contributed by atoms with van der Waals surface area (Å²) < 4.78 is 25.8. The molecule has 0 radical (unpaired) electrons. The second-order valence-corrected chi connectivity index (χ2v) is 8.45. The molecule has 0 aliphatic heterocycles. The first-order chi connectivity index (χ1) is 11.8. The average molecular weight is 469 g/mol. The lowest BCUT2D eigenvalue weighted by atomic mass is 10.0. The Morgan fingerprint density at radius 3 is 2.52 bits per heavy atom. The van der Waals surface area contributed by atoms with Gasteiger partial charge >= 0.3 is 0 Å². The van der Waals surface area contributed by atoms with Gasteiger partial charge in [0.25, 0.3) is 5.91 Å². The lowest BCUT2D eigenvalue weighted by molar-refractivity contribution is -0.120. The molecule has 2 N–H and O–H groups in total. The minimum Gasteiger partial charge on any atom is -0.373 e. The van der Waals surface area contributed by atoms with Crippen LogP contribution in [0.5, 0.6) is 0 Å². The van der Waals surface area contributed by atoms with E-state index in [1.54, 1.807) is 24.3 Å². The van der Waals surface area contributed by atoms with E-state index in [9.17, 15) is 13.2 Å². The molecular formula is C17H16IN3O3S. The van der Waals surface area contributed by atoms with Crippen LogP contribution in [0.2, 0.25) is 0 Å². The second kappa shape index (κ2) is 8.31. The van der Waals surface area contributed by atoms with Crippen molar-refractivity contribution in [3.05, 3.63) is 63.2 Å². The lowest BCUT2D eigenvalue weighted by Gasteiger charge is -2.19. The van der Waals surface area contributed by atoms with Crippen LogP contribution in [0.15, 0.2) is 48.5 Å². The van der Waals surface area contributed by atoms with Gasteiger partial charge in [-0.05, 0) is 64.6 Å². The van der Waals surface area contributed by atoms with E-state index in [-0.39, 0.29) is 6.42 Å². The zero-order chi connectivity index (χ0) is 18.4. The summed E-state index contributed by atoms with van der Waals surface area (Å²) in [4.78, 5) is 12.4. The van der Waals surface area contributed by atoms with Gasteiger partial charge in [-0.15, -0.1) is 0 Å². The van der Waals surface area contributed by atoms with Crippen LogP contribution in [0, 0.1) is 14.9 Å². The number of nitriles is 1. The number of amides is 1. The maximum atomic E-state index is 12.4. The molecule has 2 rings (SSSR count). The van der Waals surface area contributed by atoms with Crippen molar-refractivity contribution in [2.24, 2.45) is 0 Å². The first-order valence-corrected chi connectivity index (χ1v) is 10.3. The van der Waals surface area contributed by atoms with Crippen LogP contribution >= 0.6 is 22.6 Å². The zero-order valence-electron chi connectivity index (χ0n) is 13.4. The van der Waals surface area contributed by atoms with Crippen molar-refractivity contribution < 1.29 is 13.2 Å². The van der Waals surface area contributed by atoms with E-state index in [0.717, 1.165) is 15.4 Å². The molecule has 2 aromatic rings. The van der Waals surface area contributed by atoms with Gasteiger partial charge in [0.2, 0.25) is 10.0 Å². The molecule has 0 bridgehead atoms. The monoisotopic (exact) mass is 469 g/mol. The van der Waals surface area contributed by atoms with E-state index >= 15 is 0 Å². The zero-order valence-corrected chi connectivity index (χ0v) is 16.3. The fraction of sp³-hybridized carbons (Fsp3) is 0.176. The Labute approximate surface area is 160 Å². The highest BCUT2D eigenvalue weighted by atomic mass is 127. The summed E-state index contributed by atoms with van der Waals surface area (Å²) in [6.45, 7) is 0. The van der Waals surface area contributed by atoms with Crippen molar-refractivity contribution in [3.63, 3.8) is 0 Å². The van der Waals surface area contributed by atoms with Crippen LogP contribution in [0.4, 0.5) is 5.69 Å². The molecule has 0 fully saturated rings. The normalized spacial score (nSPS) is 12.0. The first-order valence-electron chi connectivity index (χ1n) is 7.29. The molecule has 6 nitrogen and oxygen atoms in total. The van der Waals surface area contributed by atoms with Gasteiger partial charge in [0.05, 0.1) is 17.9 Å². The van der Waals surface area contributed by atoms with Crippen molar-refractivity contribution in [1.82, 2.24) is 4.72 Å². The minimum atomic E-state index is -3.67.